The zero-order valence-corrected chi connectivity index (χ0v) is 12.8. The van der Waals surface area contributed by atoms with E-state index in [1.54, 1.807) is 0 Å². The number of amides is 2. The van der Waals surface area contributed by atoms with Gasteiger partial charge in [-0.15, -0.1) is 0 Å². The Morgan fingerprint density at radius 1 is 1.24 bits per heavy atom. The second-order valence-electron chi connectivity index (χ2n) is 6.34. The molecule has 2 atom stereocenters. The lowest BCUT2D eigenvalue weighted by atomic mass is 9.99. The number of carbonyl (C=O) groups excluding carboxylic acids is 2. The maximum absolute atomic E-state index is 12.3. The summed E-state index contributed by atoms with van der Waals surface area (Å²) in [7, 11) is 0. The predicted molar refractivity (Wildman–Crippen MR) is 80.7 cm³/mol. The van der Waals surface area contributed by atoms with E-state index in [0.717, 1.165) is 12.8 Å². The Kier molecular flexibility index (Phi) is 3.57. The zero-order valence-electron chi connectivity index (χ0n) is 12.8. The van der Waals surface area contributed by atoms with E-state index in [4.69, 9.17) is 0 Å². The van der Waals surface area contributed by atoms with E-state index in [-0.39, 0.29) is 29.9 Å². The van der Waals surface area contributed by atoms with Gasteiger partial charge in [0, 0.05) is 12.1 Å². The lowest BCUT2D eigenvalue weighted by Crippen LogP contribution is -2.40. The predicted octanol–water partition coefficient (Wildman–Crippen LogP) is 2.24. The van der Waals surface area contributed by atoms with Crippen LogP contribution in [0.2, 0.25) is 0 Å². The molecule has 3 rings (SSSR count). The summed E-state index contributed by atoms with van der Waals surface area (Å²) < 4.78 is 0. The Balaban J connectivity index is 1.71. The SMILES string of the molecule is Cc1ccc(C(C)NC2CC(=O)N(C3CC3)C2=O)c(C)c1. The highest BCUT2D eigenvalue weighted by atomic mass is 16.2. The number of imide groups is 1. The van der Waals surface area contributed by atoms with Crippen molar-refractivity contribution in [2.75, 3.05) is 0 Å². The fraction of sp³-hybridized carbons (Fsp3) is 0.529. The average molecular weight is 286 g/mol. The third-order valence-corrected chi connectivity index (χ3v) is 4.44. The molecular weight excluding hydrogens is 264 g/mol. The molecule has 2 fully saturated rings. The molecule has 0 spiro atoms. The molecule has 0 bridgehead atoms. The molecule has 1 aromatic rings. The van der Waals surface area contributed by atoms with Crippen LogP contribution in [0.5, 0.6) is 0 Å². The molecule has 2 unspecified atom stereocenters. The van der Waals surface area contributed by atoms with Crippen LogP contribution in [0.1, 0.15) is 48.9 Å². The smallest absolute Gasteiger partial charge is 0.247 e. The second-order valence-corrected chi connectivity index (χ2v) is 6.34. The zero-order chi connectivity index (χ0) is 15.1. The highest BCUT2D eigenvalue weighted by Crippen LogP contribution is 2.32. The first-order chi connectivity index (χ1) is 9.97. The maximum Gasteiger partial charge on any atom is 0.247 e. The van der Waals surface area contributed by atoms with Crippen LogP contribution < -0.4 is 5.32 Å². The first-order valence-corrected chi connectivity index (χ1v) is 7.66. The van der Waals surface area contributed by atoms with Crippen molar-refractivity contribution in [3.63, 3.8) is 0 Å². The van der Waals surface area contributed by atoms with Gasteiger partial charge in [-0.2, -0.15) is 0 Å². The topological polar surface area (TPSA) is 49.4 Å². The van der Waals surface area contributed by atoms with Crippen LogP contribution in [0.4, 0.5) is 0 Å². The van der Waals surface area contributed by atoms with Crippen molar-refractivity contribution in [3.8, 4) is 0 Å². The van der Waals surface area contributed by atoms with Gasteiger partial charge in [0.15, 0.2) is 0 Å². The maximum atomic E-state index is 12.3. The first kappa shape index (κ1) is 14.3. The van der Waals surface area contributed by atoms with Crippen molar-refractivity contribution < 1.29 is 9.59 Å². The number of hydrogen-bond donors (Lipinski definition) is 1. The Morgan fingerprint density at radius 2 is 1.95 bits per heavy atom. The third kappa shape index (κ3) is 2.72. The summed E-state index contributed by atoms with van der Waals surface area (Å²) in [6.07, 6.45) is 2.23. The summed E-state index contributed by atoms with van der Waals surface area (Å²) in [6.45, 7) is 6.20. The van der Waals surface area contributed by atoms with E-state index in [1.165, 1.54) is 21.6 Å². The molecule has 112 valence electrons. The molecule has 1 N–H and O–H groups in total. The molecule has 2 aliphatic rings. The number of benzene rings is 1. The van der Waals surface area contributed by atoms with Crippen LogP contribution in [0.25, 0.3) is 0 Å². The van der Waals surface area contributed by atoms with Gasteiger partial charge < -0.3 is 0 Å². The van der Waals surface area contributed by atoms with Gasteiger partial charge in [0.2, 0.25) is 11.8 Å². The van der Waals surface area contributed by atoms with E-state index >= 15 is 0 Å². The van der Waals surface area contributed by atoms with Crippen LogP contribution in [-0.4, -0.2) is 28.8 Å². The number of nitrogens with one attached hydrogen (secondary N) is 1. The lowest BCUT2D eigenvalue weighted by Gasteiger charge is -2.21. The average Bonchev–Trinajstić information content (AvgIpc) is 3.18. The van der Waals surface area contributed by atoms with Crippen LogP contribution in [0.15, 0.2) is 18.2 Å². The number of aryl methyl sites for hydroxylation is 2. The van der Waals surface area contributed by atoms with Gasteiger partial charge in [-0.1, -0.05) is 23.8 Å². The summed E-state index contributed by atoms with van der Waals surface area (Å²) in [6, 6.07) is 6.19. The minimum Gasteiger partial charge on any atom is -0.299 e. The Labute approximate surface area is 125 Å². The standard InChI is InChI=1S/C17H22N2O2/c1-10-4-7-14(11(2)8-10)12(3)18-15-9-16(20)19(17(15)21)13-5-6-13/h4,7-8,12-13,15,18H,5-6,9H2,1-3H3. The lowest BCUT2D eigenvalue weighted by molar-refractivity contribution is -0.139. The van der Waals surface area contributed by atoms with Crippen molar-refractivity contribution in [1.82, 2.24) is 10.2 Å². The third-order valence-electron chi connectivity index (χ3n) is 4.44. The fourth-order valence-electron chi connectivity index (χ4n) is 3.20. The first-order valence-electron chi connectivity index (χ1n) is 7.66. The molecule has 4 heteroatoms. The monoisotopic (exact) mass is 286 g/mol. The van der Waals surface area contributed by atoms with Gasteiger partial charge in [-0.25, -0.2) is 0 Å². The molecule has 1 saturated carbocycles. The summed E-state index contributed by atoms with van der Waals surface area (Å²) in [5, 5.41) is 3.34. The highest BCUT2D eigenvalue weighted by Gasteiger charge is 2.46. The minimum atomic E-state index is -0.367. The number of rotatable bonds is 4. The van der Waals surface area contributed by atoms with E-state index < -0.39 is 0 Å². The fourth-order valence-corrected chi connectivity index (χ4v) is 3.20. The highest BCUT2D eigenvalue weighted by molar-refractivity contribution is 6.06. The summed E-state index contributed by atoms with van der Waals surface area (Å²) in [5.74, 6) is -0.0630. The molecule has 0 aromatic heterocycles. The van der Waals surface area contributed by atoms with Crippen molar-refractivity contribution in [2.24, 2.45) is 0 Å². The Bertz CT molecular complexity index is 592. The molecule has 1 aliphatic carbocycles. The Morgan fingerprint density at radius 3 is 2.57 bits per heavy atom. The van der Waals surface area contributed by atoms with Gasteiger partial charge >= 0.3 is 0 Å². The summed E-state index contributed by atoms with van der Waals surface area (Å²) in [5.41, 5.74) is 3.63. The van der Waals surface area contributed by atoms with Gasteiger partial charge in [-0.05, 0) is 44.7 Å². The molecule has 1 aromatic carbocycles. The van der Waals surface area contributed by atoms with Crippen molar-refractivity contribution in [2.45, 2.75) is 58.2 Å². The van der Waals surface area contributed by atoms with Crippen molar-refractivity contribution >= 4 is 11.8 Å². The largest absolute Gasteiger partial charge is 0.299 e. The van der Waals surface area contributed by atoms with Crippen LogP contribution in [-0.2, 0) is 9.59 Å². The molecule has 1 saturated heterocycles. The second kappa shape index (κ2) is 5.26. The Hall–Kier alpha value is -1.68. The number of nitrogens with zero attached hydrogens (tertiary/aromatic N) is 1. The molecular formula is C17H22N2O2. The van der Waals surface area contributed by atoms with Crippen molar-refractivity contribution in [3.05, 3.63) is 34.9 Å². The van der Waals surface area contributed by atoms with E-state index in [1.807, 2.05) is 0 Å². The number of hydrogen-bond acceptors (Lipinski definition) is 3. The minimum absolute atomic E-state index is 0.0205. The molecule has 0 radical (unpaired) electrons. The van der Waals surface area contributed by atoms with Gasteiger partial charge in [0.25, 0.3) is 0 Å². The summed E-state index contributed by atoms with van der Waals surface area (Å²) in [4.78, 5) is 25.8. The van der Waals surface area contributed by atoms with Gasteiger partial charge in [0.1, 0.15) is 0 Å². The molecule has 4 nitrogen and oxygen atoms in total. The molecule has 1 aliphatic heterocycles. The van der Waals surface area contributed by atoms with Crippen LogP contribution in [0, 0.1) is 13.8 Å². The number of likely N-dealkylation sites (tertiary alicyclic amines) is 1. The van der Waals surface area contributed by atoms with E-state index in [2.05, 4.69) is 44.3 Å². The van der Waals surface area contributed by atoms with E-state index in [9.17, 15) is 9.59 Å². The van der Waals surface area contributed by atoms with E-state index in [0.29, 0.717) is 6.42 Å². The quantitative estimate of drug-likeness (QED) is 0.864. The van der Waals surface area contributed by atoms with Gasteiger partial charge in [0.05, 0.1) is 12.5 Å². The van der Waals surface area contributed by atoms with Crippen molar-refractivity contribution in [1.29, 1.82) is 0 Å². The van der Waals surface area contributed by atoms with Crippen LogP contribution in [0.3, 0.4) is 0 Å². The van der Waals surface area contributed by atoms with Crippen LogP contribution >= 0.6 is 0 Å². The summed E-state index contributed by atoms with van der Waals surface area (Å²) >= 11 is 0. The molecule has 1 heterocycles. The molecule has 2 amide bonds. The normalized spacial score (nSPS) is 23.8. The number of carbonyl (C=O) groups is 2. The molecule has 21 heavy (non-hydrogen) atoms. The van der Waals surface area contributed by atoms with Gasteiger partial charge in [-0.3, -0.25) is 19.8 Å².